The van der Waals surface area contributed by atoms with Crippen LogP contribution in [0, 0.1) is 11.8 Å². The van der Waals surface area contributed by atoms with Gasteiger partial charge in [0.15, 0.2) is 0 Å². The van der Waals surface area contributed by atoms with Gasteiger partial charge in [0.1, 0.15) is 0 Å². The third kappa shape index (κ3) is 4.00. The normalized spacial score (nSPS) is 26.5. The van der Waals surface area contributed by atoms with Gasteiger partial charge < -0.3 is 5.73 Å². The fourth-order valence-corrected chi connectivity index (χ4v) is 3.93. The molecule has 2 unspecified atom stereocenters. The molecule has 1 aliphatic rings. The molecule has 118 valence electrons. The summed E-state index contributed by atoms with van der Waals surface area (Å²) in [6, 6.07) is 8.16. The van der Waals surface area contributed by atoms with Crippen molar-refractivity contribution in [2.45, 2.75) is 51.6 Å². The zero-order valence-corrected chi connectivity index (χ0v) is 14.4. The van der Waals surface area contributed by atoms with Gasteiger partial charge in [-0.2, -0.15) is 0 Å². The summed E-state index contributed by atoms with van der Waals surface area (Å²) in [5.74, 6) is 1.54. The minimum absolute atomic E-state index is 0.148. The van der Waals surface area contributed by atoms with E-state index in [1.165, 1.54) is 31.2 Å². The highest BCUT2D eigenvalue weighted by Gasteiger charge is 2.39. The summed E-state index contributed by atoms with van der Waals surface area (Å²) in [6.45, 7) is 6.35. The topological polar surface area (TPSA) is 29.3 Å². The predicted molar refractivity (Wildman–Crippen MR) is 91.5 cm³/mol. The summed E-state index contributed by atoms with van der Waals surface area (Å²) < 4.78 is 0. The van der Waals surface area contributed by atoms with Crippen molar-refractivity contribution in [3.63, 3.8) is 0 Å². The minimum atomic E-state index is 0.148. The molecule has 1 aromatic carbocycles. The fourth-order valence-electron chi connectivity index (χ4n) is 3.72. The van der Waals surface area contributed by atoms with Gasteiger partial charge in [-0.3, -0.25) is 4.90 Å². The maximum absolute atomic E-state index is 6.22. The van der Waals surface area contributed by atoms with E-state index in [1.54, 1.807) is 0 Å². The molecular weight excluding hydrogens is 280 g/mol. The van der Waals surface area contributed by atoms with Crippen molar-refractivity contribution in [3.05, 3.63) is 34.9 Å². The van der Waals surface area contributed by atoms with Gasteiger partial charge in [-0.15, -0.1) is 0 Å². The van der Waals surface area contributed by atoms with Crippen molar-refractivity contribution in [3.8, 4) is 0 Å². The van der Waals surface area contributed by atoms with Crippen molar-refractivity contribution in [1.29, 1.82) is 0 Å². The largest absolute Gasteiger partial charge is 0.329 e. The van der Waals surface area contributed by atoms with E-state index in [1.807, 2.05) is 12.1 Å². The lowest BCUT2D eigenvalue weighted by molar-refractivity contribution is 0.0396. The number of rotatable bonds is 5. The van der Waals surface area contributed by atoms with Gasteiger partial charge in [0.05, 0.1) is 0 Å². The van der Waals surface area contributed by atoms with Crippen LogP contribution in [0.1, 0.15) is 45.1 Å². The van der Waals surface area contributed by atoms with Gasteiger partial charge in [-0.05, 0) is 49.4 Å². The van der Waals surface area contributed by atoms with Crippen LogP contribution >= 0.6 is 11.6 Å². The van der Waals surface area contributed by atoms with Crippen molar-refractivity contribution in [2.75, 3.05) is 13.6 Å². The Morgan fingerprint density at radius 1 is 1.43 bits per heavy atom. The molecule has 2 rings (SSSR count). The smallest absolute Gasteiger partial charge is 0.0409 e. The lowest BCUT2D eigenvalue weighted by atomic mass is 9.71. The van der Waals surface area contributed by atoms with Crippen LogP contribution in [0.5, 0.6) is 0 Å². The highest BCUT2D eigenvalue weighted by atomic mass is 35.5. The molecule has 1 aromatic rings. The van der Waals surface area contributed by atoms with Crippen LogP contribution in [-0.4, -0.2) is 24.0 Å². The molecule has 0 aliphatic heterocycles. The zero-order chi connectivity index (χ0) is 15.5. The Morgan fingerprint density at radius 2 is 2.19 bits per heavy atom. The van der Waals surface area contributed by atoms with Crippen LogP contribution in [0.4, 0.5) is 0 Å². The molecule has 1 saturated carbocycles. The molecule has 2 nitrogen and oxygen atoms in total. The van der Waals surface area contributed by atoms with Gasteiger partial charge >= 0.3 is 0 Å². The molecule has 3 heteroatoms. The fraction of sp³-hybridized carbons (Fsp3) is 0.667. The third-order valence-corrected chi connectivity index (χ3v) is 5.54. The van der Waals surface area contributed by atoms with Crippen LogP contribution in [0.25, 0.3) is 0 Å². The summed E-state index contributed by atoms with van der Waals surface area (Å²) in [6.07, 6.45) is 5.08. The standard InChI is InChI=1S/C18H29ClN2/c1-14(2)16-7-5-9-18(11-16,13-20)21(3)12-15-6-4-8-17(19)10-15/h4,6,8,10,14,16H,5,7,9,11-13,20H2,1-3H3. The van der Waals surface area contributed by atoms with E-state index in [9.17, 15) is 0 Å². The summed E-state index contributed by atoms with van der Waals surface area (Å²) in [7, 11) is 2.22. The molecule has 2 N–H and O–H groups in total. The van der Waals surface area contributed by atoms with Crippen molar-refractivity contribution >= 4 is 11.6 Å². The Morgan fingerprint density at radius 3 is 2.81 bits per heavy atom. The molecule has 0 radical (unpaired) electrons. The first-order valence-corrected chi connectivity index (χ1v) is 8.50. The molecule has 0 saturated heterocycles. The van der Waals surface area contributed by atoms with Gasteiger partial charge in [0.25, 0.3) is 0 Å². The summed E-state index contributed by atoms with van der Waals surface area (Å²) in [5.41, 5.74) is 7.63. The molecule has 2 atom stereocenters. The number of benzene rings is 1. The summed E-state index contributed by atoms with van der Waals surface area (Å²) in [4.78, 5) is 2.47. The average Bonchev–Trinajstić information content (AvgIpc) is 2.47. The number of nitrogens with two attached hydrogens (primary N) is 1. The second kappa shape index (κ2) is 7.13. The number of halogens is 1. The Hall–Kier alpha value is -0.570. The highest BCUT2D eigenvalue weighted by Crippen LogP contribution is 2.39. The van der Waals surface area contributed by atoms with E-state index in [0.717, 1.165) is 29.9 Å². The monoisotopic (exact) mass is 308 g/mol. The van der Waals surface area contributed by atoms with Crippen molar-refractivity contribution in [1.82, 2.24) is 4.90 Å². The van der Waals surface area contributed by atoms with Gasteiger partial charge in [0, 0.05) is 23.7 Å². The predicted octanol–water partition coefficient (Wildman–Crippen LogP) is 4.32. The molecule has 0 amide bonds. The van der Waals surface area contributed by atoms with E-state index < -0.39 is 0 Å². The molecular formula is C18H29ClN2. The van der Waals surface area contributed by atoms with E-state index in [2.05, 4.69) is 37.9 Å². The zero-order valence-electron chi connectivity index (χ0n) is 13.6. The van der Waals surface area contributed by atoms with Crippen LogP contribution < -0.4 is 5.73 Å². The number of likely N-dealkylation sites (N-methyl/N-ethyl adjacent to an activating group) is 1. The average molecular weight is 309 g/mol. The Bertz CT molecular complexity index is 460. The molecule has 0 bridgehead atoms. The van der Waals surface area contributed by atoms with Gasteiger partial charge in [-0.1, -0.05) is 50.4 Å². The Kier molecular flexibility index (Phi) is 5.70. The number of hydrogen-bond donors (Lipinski definition) is 1. The maximum Gasteiger partial charge on any atom is 0.0409 e. The van der Waals surface area contributed by atoms with Crippen LogP contribution in [0.2, 0.25) is 5.02 Å². The van der Waals surface area contributed by atoms with E-state index >= 15 is 0 Å². The third-order valence-electron chi connectivity index (χ3n) is 5.30. The molecule has 1 aliphatic carbocycles. The van der Waals surface area contributed by atoms with Crippen molar-refractivity contribution < 1.29 is 0 Å². The molecule has 1 fully saturated rings. The Balaban J connectivity index is 2.11. The van der Waals surface area contributed by atoms with Crippen LogP contribution in [0.15, 0.2) is 24.3 Å². The number of hydrogen-bond acceptors (Lipinski definition) is 2. The second-order valence-corrected chi connectivity index (χ2v) is 7.45. The molecule has 21 heavy (non-hydrogen) atoms. The first-order valence-electron chi connectivity index (χ1n) is 8.12. The lowest BCUT2D eigenvalue weighted by Gasteiger charge is -2.47. The van der Waals surface area contributed by atoms with E-state index in [4.69, 9.17) is 17.3 Å². The molecule has 0 heterocycles. The minimum Gasteiger partial charge on any atom is -0.329 e. The Labute approximate surface area is 134 Å². The molecule has 0 aromatic heterocycles. The lowest BCUT2D eigenvalue weighted by Crippen LogP contribution is -2.54. The quantitative estimate of drug-likeness (QED) is 0.878. The number of nitrogens with zero attached hydrogens (tertiary/aromatic N) is 1. The second-order valence-electron chi connectivity index (χ2n) is 7.01. The SMILES string of the molecule is CC(C)C1CCCC(CN)(N(C)Cc2cccc(Cl)c2)C1. The van der Waals surface area contributed by atoms with Gasteiger partial charge in [0.2, 0.25) is 0 Å². The summed E-state index contributed by atoms with van der Waals surface area (Å²) >= 11 is 6.10. The van der Waals surface area contributed by atoms with Gasteiger partial charge in [-0.25, -0.2) is 0 Å². The summed E-state index contributed by atoms with van der Waals surface area (Å²) in [5, 5.41) is 0.811. The van der Waals surface area contributed by atoms with Crippen molar-refractivity contribution in [2.24, 2.45) is 17.6 Å². The van der Waals surface area contributed by atoms with Crippen LogP contribution in [0.3, 0.4) is 0 Å². The highest BCUT2D eigenvalue weighted by molar-refractivity contribution is 6.30. The first kappa shape index (κ1) is 16.8. The maximum atomic E-state index is 6.22. The van der Waals surface area contributed by atoms with E-state index in [0.29, 0.717) is 0 Å². The van der Waals surface area contributed by atoms with E-state index in [-0.39, 0.29) is 5.54 Å². The first-order chi connectivity index (χ1) is 9.97. The van der Waals surface area contributed by atoms with Crippen LogP contribution in [-0.2, 0) is 6.54 Å². The molecule has 0 spiro atoms.